The Morgan fingerprint density at radius 1 is 1.03 bits per heavy atom. The van der Waals surface area contributed by atoms with Gasteiger partial charge in [-0.05, 0) is 36.2 Å². The molecule has 0 heterocycles. The van der Waals surface area contributed by atoms with Gasteiger partial charge in [0.15, 0.2) is 6.61 Å². The zero-order chi connectivity index (χ0) is 22.4. The lowest BCUT2D eigenvalue weighted by Crippen LogP contribution is -2.31. The second-order valence-electron chi connectivity index (χ2n) is 7.19. The molecule has 0 saturated heterocycles. The molecule has 0 spiro atoms. The highest BCUT2D eigenvalue weighted by atomic mass is 16.6. The van der Waals surface area contributed by atoms with E-state index in [4.69, 9.17) is 9.47 Å². The van der Waals surface area contributed by atoms with Crippen LogP contribution in [-0.4, -0.2) is 36.5 Å². The quantitative estimate of drug-likeness (QED) is 0.392. The van der Waals surface area contributed by atoms with Crippen molar-refractivity contribution >= 4 is 11.6 Å². The Morgan fingerprint density at radius 3 is 2.32 bits per heavy atom. The van der Waals surface area contributed by atoms with Gasteiger partial charge in [0.1, 0.15) is 11.5 Å². The molecule has 3 aromatic carbocycles. The van der Waals surface area contributed by atoms with Crippen LogP contribution in [0.3, 0.4) is 0 Å². The SMILES string of the molecule is COc1ccc(-c2cc([N+](=O)[O-])ccc2OCC(=O)N(C)Cc2ccc(C)cc2)cc1. The highest BCUT2D eigenvalue weighted by Crippen LogP contribution is 2.34. The summed E-state index contributed by atoms with van der Waals surface area (Å²) in [5.74, 6) is 0.872. The summed E-state index contributed by atoms with van der Waals surface area (Å²) in [5, 5.41) is 11.2. The van der Waals surface area contributed by atoms with E-state index >= 15 is 0 Å². The van der Waals surface area contributed by atoms with Crippen molar-refractivity contribution in [3.8, 4) is 22.6 Å². The van der Waals surface area contributed by atoms with Crippen LogP contribution in [0.1, 0.15) is 11.1 Å². The van der Waals surface area contributed by atoms with Gasteiger partial charge in [-0.3, -0.25) is 14.9 Å². The number of benzene rings is 3. The van der Waals surface area contributed by atoms with E-state index in [2.05, 4.69) is 0 Å². The Balaban J connectivity index is 1.75. The molecule has 7 nitrogen and oxygen atoms in total. The number of carbonyl (C=O) groups excluding carboxylic acids is 1. The topological polar surface area (TPSA) is 81.9 Å². The summed E-state index contributed by atoms with van der Waals surface area (Å²) in [6, 6.07) is 19.4. The Labute approximate surface area is 181 Å². The predicted molar refractivity (Wildman–Crippen MR) is 118 cm³/mol. The molecule has 0 fully saturated rings. The molecule has 3 rings (SSSR count). The third-order valence-corrected chi connectivity index (χ3v) is 4.89. The van der Waals surface area contributed by atoms with Crippen molar-refractivity contribution in [2.45, 2.75) is 13.5 Å². The van der Waals surface area contributed by atoms with Crippen LogP contribution in [0, 0.1) is 17.0 Å². The zero-order valence-corrected chi connectivity index (χ0v) is 17.7. The fraction of sp³-hybridized carbons (Fsp3) is 0.208. The fourth-order valence-electron chi connectivity index (χ4n) is 3.06. The number of ether oxygens (including phenoxy) is 2. The molecule has 7 heteroatoms. The molecule has 31 heavy (non-hydrogen) atoms. The number of hydrogen-bond donors (Lipinski definition) is 0. The number of aryl methyl sites for hydroxylation is 1. The van der Waals surface area contributed by atoms with Crippen molar-refractivity contribution < 1.29 is 19.2 Å². The molecule has 0 aliphatic rings. The van der Waals surface area contributed by atoms with Crippen molar-refractivity contribution in [3.63, 3.8) is 0 Å². The molecule has 160 valence electrons. The smallest absolute Gasteiger partial charge is 0.270 e. The molecule has 0 saturated carbocycles. The van der Waals surface area contributed by atoms with Crippen molar-refractivity contribution in [3.05, 3.63) is 88.0 Å². The van der Waals surface area contributed by atoms with E-state index in [-0.39, 0.29) is 18.2 Å². The molecule has 3 aromatic rings. The van der Waals surface area contributed by atoms with Gasteiger partial charge in [-0.15, -0.1) is 0 Å². The van der Waals surface area contributed by atoms with Crippen molar-refractivity contribution in [1.82, 2.24) is 4.90 Å². The van der Waals surface area contributed by atoms with Gasteiger partial charge in [-0.2, -0.15) is 0 Å². The number of likely N-dealkylation sites (N-methyl/N-ethyl adjacent to an activating group) is 1. The number of nitrogens with zero attached hydrogens (tertiary/aromatic N) is 2. The zero-order valence-electron chi connectivity index (χ0n) is 17.7. The van der Waals surface area contributed by atoms with Gasteiger partial charge < -0.3 is 14.4 Å². The van der Waals surface area contributed by atoms with E-state index in [1.807, 2.05) is 31.2 Å². The molecule has 0 atom stereocenters. The van der Waals surface area contributed by atoms with Crippen LogP contribution in [0.25, 0.3) is 11.1 Å². The minimum atomic E-state index is -0.461. The summed E-state index contributed by atoms with van der Waals surface area (Å²) in [6.45, 7) is 2.30. The maximum absolute atomic E-state index is 12.6. The highest BCUT2D eigenvalue weighted by molar-refractivity contribution is 5.79. The Kier molecular flexibility index (Phi) is 6.87. The lowest BCUT2D eigenvalue weighted by atomic mass is 10.0. The monoisotopic (exact) mass is 420 g/mol. The van der Waals surface area contributed by atoms with E-state index in [1.54, 1.807) is 43.3 Å². The van der Waals surface area contributed by atoms with Crippen LogP contribution >= 0.6 is 0 Å². The summed E-state index contributed by atoms with van der Waals surface area (Å²) in [6.07, 6.45) is 0. The maximum Gasteiger partial charge on any atom is 0.270 e. The summed E-state index contributed by atoms with van der Waals surface area (Å²) >= 11 is 0. The van der Waals surface area contributed by atoms with Crippen LogP contribution in [0.2, 0.25) is 0 Å². The van der Waals surface area contributed by atoms with Crippen LogP contribution in [0.15, 0.2) is 66.7 Å². The van der Waals surface area contributed by atoms with Gasteiger partial charge in [0, 0.05) is 31.3 Å². The first-order valence-electron chi connectivity index (χ1n) is 9.72. The number of rotatable bonds is 8. The number of amides is 1. The van der Waals surface area contributed by atoms with E-state index in [0.29, 0.717) is 23.6 Å². The first-order valence-corrected chi connectivity index (χ1v) is 9.72. The fourth-order valence-corrected chi connectivity index (χ4v) is 3.06. The minimum absolute atomic E-state index is 0.0546. The number of hydrogen-bond acceptors (Lipinski definition) is 5. The molecule has 0 aliphatic heterocycles. The predicted octanol–water partition coefficient (Wildman–Crippen LogP) is 4.62. The largest absolute Gasteiger partial charge is 0.497 e. The first kappa shape index (κ1) is 21.8. The third kappa shape index (κ3) is 5.60. The average molecular weight is 420 g/mol. The summed E-state index contributed by atoms with van der Waals surface area (Å²) in [7, 11) is 3.28. The molecule has 1 amide bonds. The lowest BCUT2D eigenvalue weighted by molar-refractivity contribution is -0.384. The van der Waals surface area contributed by atoms with Crippen molar-refractivity contribution in [2.75, 3.05) is 20.8 Å². The number of carbonyl (C=O) groups is 1. The summed E-state index contributed by atoms with van der Waals surface area (Å²) < 4.78 is 10.9. The van der Waals surface area contributed by atoms with Crippen LogP contribution in [0.5, 0.6) is 11.5 Å². The molecular weight excluding hydrogens is 396 g/mol. The summed E-state index contributed by atoms with van der Waals surface area (Å²) in [4.78, 5) is 24.9. The van der Waals surface area contributed by atoms with Gasteiger partial charge >= 0.3 is 0 Å². The highest BCUT2D eigenvalue weighted by Gasteiger charge is 2.16. The van der Waals surface area contributed by atoms with E-state index in [0.717, 1.165) is 16.7 Å². The van der Waals surface area contributed by atoms with Crippen LogP contribution < -0.4 is 9.47 Å². The molecule has 0 aromatic heterocycles. The Morgan fingerprint density at radius 2 is 1.71 bits per heavy atom. The van der Waals surface area contributed by atoms with E-state index < -0.39 is 4.92 Å². The Bertz CT molecular complexity index is 1060. The van der Waals surface area contributed by atoms with E-state index in [9.17, 15) is 14.9 Å². The maximum atomic E-state index is 12.6. The molecule has 0 radical (unpaired) electrons. The molecule has 0 bridgehead atoms. The van der Waals surface area contributed by atoms with Gasteiger partial charge in [0.05, 0.1) is 12.0 Å². The van der Waals surface area contributed by atoms with Gasteiger partial charge in [0.2, 0.25) is 0 Å². The van der Waals surface area contributed by atoms with E-state index in [1.165, 1.54) is 18.2 Å². The Hall–Kier alpha value is -3.87. The molecule has 0 unspecified atom stereocenters. The van der Waals surface area contributed by atoms with Gasteiger partial charge in [-0.25, -0.2) is 0 Å². The van der Waals surface area contributed by atoms with Gasteiger partial charge in [-0.1, -0.05) is 42.0 Å². The number of nitro groups is 1. The molecule has 0 aliphatic carbocycles. The second kappa shape index (κ2) is 9.75. The van der Waals surface area contributed by atoms with Crippen LogP contribution in [0.4, 0.5) is 5.69 Å². The molecule has 0 N–H and O–H groups in total. The average Bonchev–Trinajstić information content (AvgIpc) is 2.78. The first-order chi connectivity index (χ1) is 14.9. The number of non-ortho nitro benzene ring substituents is 1. The van der Waals surface area contributed by atoms with Crippen molar-refractivity contribution in [1.29, 1.82) is 0 Å². The second-order valence-corrected chi connectivity index (χ2v) is 7.19. The van der Waals surface area contributed by atoms with Crippen LogP contribution in [-0.2, 0) is 11.3 Å². The normalized spacial score (nSPS) is 10.4. The number of nitro benzene ring substituents is 1. The van der Waals surface area contributed by atoms with Gasteiger partial charge in [0.25, 0.3) is 11.6 Å². The van der Waals surface area contributed by atoms with Crippen molar-refractivity contribution in [2.24, 2.45) is 0 Å². The standard InChI is InChI=1S/C24H24N2O5/c1-17-4-6-18(7-5-17)15-25(2)24(27)16-31-23-13-10-20(26(28)29)14-22(23)19-8-11-21(30-3)12-9-19/h4-14H,15-16H2,1-3H3. The molecular formula is C24H24N2O5. The summed E-state index contributed by atoms with van der Waals surface area (Å²) in [5.41, 5.74) is 3.38. The third-order valence-electron chi connectivity index (χ3n) is 4.89. The number of methoxy groups -OCH3 is 1. The lowest BCUT2D eigenvalue weighted by Gasteiger charge is -2.18. The minimum Gasteiger partial charge on any atom is -0.497 e.